The van der Waals surface area contributed by atoms with Crippen molar-refractivity contribution in [2.45, 2.75) is 65.3 Å². The zero-order chi connectivity index (χ0) is 14.1. The number of hydrogen-bond acceptors (Lipinski definition) is 1. The van der Waals surface area contributed by atoms with E-state index in [1.807, 2.05) is 0 Å². The Balaban J connectivity index is 2.47. The molecule has 1 N–H and O–H groups in total. The lowest BCUT2D eigenvalue weighted by atomic mass is 10.0. The lowest BCUT2D eigenvalue weighted by molar-refractivity contribution is 0.501. The van der Waals surface area contributed by atoms with Crippen LogP contribution in [0, 0.1) is 0 Å². The van der Waals surface area contributed by atoms with E-state index >= 15 is 0 Å². The second-order valence-electron chi connectivity index (χ2n) is 5.39. The van der Waals surface area contributed by atoms with E-state index in [2.05, 4.69) is 56.9 Å². The van der Waals surface area contributed by atoms with Crippen molar-refractivity contribution < 1.29 is 0 Å². The van der Waals surface area contributed by atoms with Gasteiger partial charge in [0.2, 0.25) is 0 Å². The van der Waals surface area contributed by atoms with Crippen LogP contribution in [-0.4, -0.2) is 6.04 Å². The van der Waals surface area contributed by atoms with Crippen LogP contribution >= 0.6 is 0 Å². The van der Waals surface area contributed by atoms with E-state index in [9.17, 15) is 0 Å². The van der Waals surface area contributed by atoms with Crippen molar-refractivity contribution in [3.05, 3.63) is 47.7 Å². The van der Waals surface area contributed by atoms with Crippen LogP contribution in [0.3, 0.4) is 0 Å². The fraction of sp³-hybridized carbons (Fsp3) is 0.556. The van der Waals surface area contributed by atoms with Crippen LogP contribution in [0.15, 0.2) is 36.5 Å². The Morgan fingerprint density at radius 1 is 1.05 bits per heavy atom. The molecule has 0 aliphatic heterocycles. The summed E-state index contributed by atoms with van der Waals surface area (Å²) in [5.74, 6) is 0. The SMILES string of the molecule is C=C(Cc1ccc(CCC)cc1)NC(CC)CCC. The summed E-state index contributed by atoms with van der Waals surface area (Å²) in [5, 5.41) is 3.56. The zero-order valence-electron chi connectivity index (χ0n) is 12.8. The molecule has 0 amide bonds. The molecule has 0 heterocycles. The molecule has 1 aromatic carbocycles. The molecule has 1 heteroatoms. The Morgan fingerprint density at radius 2 is 1.68 bits per heavy atom. The van der Waals surface area contributed by atoms with Gasteiger partial charge in [-0.25, -0.2) is 0 Å². The number of rotatable bonds is 9. The molecule has 0 bridgehead atoms. The van der Waals surface area contributed by atoms with Crippen molar-refractivity contribution in [1.82, 2.24) is 5.32 Å². The van der Waals surface area contributed by atoms with Gasteiger partial charge in [-0.2, -0.15) is 0 Å². The van der Waals surface area contributed by atoms with Crippen LogP contribution < -0.4 is 5.32 Å². The van der Waals surface area contributed by atoms with E-state index in [4.69, 9.17) is 0 Å². The van der Waals surface area contributed by atoms with Crippen molar-refractivity contribution in [3.8, 4) is 0 Å². The number of aryl methyl sites for hydroxylation is 1. The second-order valence-corrected chi connectivity index (χ2v) is 5.39. The van der Waals surface area contributed by atoms with Crippen molar-refractivity contribution >= 4 is 0 Å². The van der Waals surface area contributed by atoms with Gasteiger partial charge in [0.05, 0.1) is 0 Å². The minimum absolute atomic E-state index is 0.580. The molecule has 0 spiro atoms. The summed E-state index contributed by atoms with van der Waals surface area (Å²) in [6.07, 6.45) is 6.95. The van der Waals surface area contributed by atoms with Gasteiger partial charge in [-0.05, 0) is 30.4 Å². The van der Waals surface area contributed by atoms with Crippen molar-refractivity contribution in [2.75, 3.05) is 0 Å². The van der Waals surface area contributed by atoms with E-state index in [1.54, 1.807) is 0 Å². The van der Waals surface area contributed by atoms with Crippen LogP contribution in [-0.2, 0) is 12.8 Å². The van der Waals surface area contributed by atoms with Gasteiger partial charge in [-0.3, -0.25) is 0 Å². The van der Waals surface area contributed by atoms with Gasteiger partial charge in [-0.15, -0.1) is 0 Å². The quantitative estimate of drug-likeness (QED) is 0.667. The van der Waals surface area contributed by atoms with Gasteiger partial charge >= 0.3 is 0 Å². The molecule has 0 saturated heterocycles. The van der Waals surface area contributed by atoms with E-state index in [0.717, 1.165) is 12.1 Å². The van der Waals surface area contributed by atoms with Crippen LogP contribution in [0.4, 0.5) is 0 Å². The number of nitrogens with one attached hydrogen (secondary N) is 1. The van der Waals surface area contributed by atoms with Crippen LogP contribution in [0.5, 0.6) is 0 Å². The topological polar surface area (TPSA) is 12.0 Å². The summed E-state index contributed by atoms with van der Waals surface area (Å²) in [7, 11) is 0. The molecule has 0 saturated carbocycles. The van der Waals surface area contributed by atoms with Gasteiger partial charge in [0.15, 0.2) is 0 Å². The molecule has 0 aliphatic rings. The fourth-order valence-electron chi connectivity index (χ4n) is 2.43. The predicted octanol–water partition coefficient (Wildman–Crippen LogP) is 4.86. The van der Waals surface area contributed by atoms with E-state index in [1.165, 1.54) is 43.2 Å². The van der Waals surface area contributed by atoms with Crippen LogP contribution in [0.2, 0.25) is 0 Å². The molecule has 19 heavy (non-hydrogen) atoms. The lowest BCUT2D eigenvalue weighted by Crippen LogP contribution is -2.28. The number of benzene rings is 1. The molecule has 1 unspecified atom stereocenters. The average Bonchev–Trinajstić information content (AvgIpc) is 2.41. The molecule has 0 fully saturated rings. The van der Waals surface area contributed by atoms with Gasteiger partial charge in [0, 0.05) is 18.2 Å². The monoisotopic (exact) mass is 259 g/mol. The predicted molar refractivity (Wildman–Crippen MR) is 85.4 cm³/mol. The Labute approximate surface area is 119 Å². The van der Waals surface area contributed by atoms with Crippen LogP contribution in [0.25, 0.3) is 0 Å². The summed E-state index contributed by atoms with van der Waals surface area (Å²) in [6.45, 7) is 10.9. The maximum Gasteiger partial charge on any atom is 0.0255 e. The Bertz CT molecular complexity index is 364. The highest BCUT2D eigenvalue weighted by Gasteiger charge is 2.05. The second kappa shape index (κ2) is 8.79. The first-order valence-corrected chi connectivity index (χ1v) is 7.71. The molecule has 0 aromatic heterocycles. The minimum Gasteiger partial charge on any atom is -0.386 e. The third-order valence-electron chi connectivity index (χ3n) is 3.52. The average molecular weight is 259 g/mol. The molecule has 1 nitrogen and oxygen atoms in total. The van der Waals surface area contributed by atoms with E-state index in [0.29, 0.717) is 6.04 Å². The number of hydrogen-bond donors (Lipinski definition) is 1. The molecule has 1 aromatic rings. The Kier molecular flexibility index (Phi) is 7.32. The third kappa shape index (κ3) is 5.96. The summed E-state index contributed by atoms with van der Waals surface area (Å²) in [6, 6.07) is 9.54. The summed E-state index contributed by atoms with van der Waals surface area (Å²) in [5.41, 5.74) is 3.93. The maximum atomic E-state index is 4.17. The van der Waals surface area contributed by atoms with E-state index < -0.39 is 0 Å². The van der Waals surface area contributed by atoms with Crippen molar-refractivity contribution in [3.63, 3.8) is 0 Å². The Morgan fingerprint density at radius 3 is 2.21 bits per heavy atom. The van der Waals surface area contributed by atoms with Gasteiger partial charge in [0.1, 0.15) is 0 Å². The highest BCUT2D eigenvalue weighted by Crippen LogP contribution is 2.11. The molecule has 1 rings (SSSR count). The first-order chi connectivity index (χ1) is 9.19. The largest absolute Gasteiger partial charge is 0.386 e. The Hall–Kier alpha value is -1.24. The standard InChI is InChI=1S/C18H29N/c1-5-8-16-10-12-17(13-11-16)14-15(4)19-18(7-3)9-6-2/h10-13,18-19H,4-9,14H2,1-3H3. The van der Waals surface area contributed by atoms with Gasteiger partial charge < -0.3 is 5.32 Å². The summed E-state index contributed by atoms with van der Waals surface area (Å²) in [4.78, 5) is 0. The molecule has 0 aliphatic carbocycles. The minimum atomic E-state index is 0.580. The highest BCUT2D eigenvalue weighted by atomic mass is 14.9. The zero-order valence-corrected chi connectivity index (χ0v) is 12.8. The first kappa shape index (κ1) is 15.8. The molecular formula is C18H29N. The first-order valence-electron chi connectivity index (χ1n) is 7.71. The molecule has 1 atom stereocenters. The summed E-state index contributed by atoms with van der Waals surface area (Å²) < 4.78 is 0. The normalized spacial score (nSPS) is 12.2. The van der Waals surface area contributed by atoms with Crippen LogP contribution in [0.1, 0.15) is 57.6 Å². The van der Waals surface area contributed by atoms with Crippen molar-refractivity contribution in [2.24, 2.45) is 0 Å². The van der Waals surface area contributed by atoms with Gasteiger partial charge in [0.25, 0.3) is 0 Å². The molecule has 106 valence electrons. The van der Waals surface area contributed by atoms with Gasteiger partial charge in [-0.1, -0.05) is 64.5 Å². The smallest absolute Gasteiger partial charge is 0.0255 e. The fourth-order valence-corrected chi connectivity index (χ4v) is 2.43. The number of allylic oxidation sites excluding steroid dienone is 1. The maximum absolute atomic E-state index is 4.17. The molecule has 0 radical (unpaired) electrons. The summed E-state index contributed by atoms with van der Waals surface area (Å²) >= 11 is 0. The van der Waals surface area contributed by atoms with Crippen molar-refractivity contribution in [1.29, 1.82) is 0 Å². The highest BCUT2D eigenvalue weighted by molar-refractivity contribution is 5.25. The lowest BCUT2D eigenvalue weighted by Gasteiger charge is -2.19. The van der Waals surface area contributed by atoms with E-state index in [-0.39, 0.29) is 0 Å². The third-order valence-corrected chi connectivity index (χ3v) is 3.52. The molecular weight excluding hydrogens is 230 g/mol.